The van der Waals surface area contributed by atoms with Gasteiger partial charge in [-0.15, -0.1) is 9.24 Å². The lowest BCUT2D eigenvalue weighted by molar-refractivity contribution is 0.0797. The molecule has 3 saturated carbocycles. The van der Waals surface area contributed by atoms with Crippen molar-refractivity contribution in [1.29, 1.82) is 10.7 Å². The molecule has 40 heavy (non-hydrogen) atoms. The second-order valence-corrected chi connectivity index (χ2v) is 12.3. The van der Waals surface area contributed by atoms with Crippen LogP contribution in [0.25, 0.3) is 17.5 Å². The number of pyridine rings is 1. The smallest absolute Gasteiger partial charge is 0.111 e. The van der Waals surface area contributed by atoms with Crippen LogP contribution in [0.4, 0.5) is 5.69 Å². The van der Waals surface area contributed by atoms with E-state index in [2.05, 4.69) is 42.0 Å². The normalized spacial score (nSPS) is 24.2. The number of aromatic nitrogens is 2. The molecule has 2 aromatic rings. The van der Waals surface area contributed by atoms with Gasteiger partial charge in [0.2, 0.25) is 0 Å². The number of H-pyrrole nitrogens is 1. The van der Waals surface area contributed by atoms with E-state index >= 15 is 0 Å². The van der Waals surface area contributed by atoms with E-state index in [9.17, 15) is 5.11 Å². The number of hydrogen-bond acceptors (Lipinski definition) is 9. The van der Waals surface area contributed by atoms with Crippen LogP contribution in [0.3, 0.4) is 0 Å². The van der Waals surface area contributed by atoms with Gasteiger partial charge in [-0.1, -0.05) is 0 Å². The molecule has 3 aliphatic rings. The molecule has 0 amide bonds. The largest absolute Gasteiger partial charge is 0.390 e. The minimum atomic E-state index is -0.877. The van der Waals surface area contributed by atoms with Crippen molar-refractivity contribution in [3.05, 3.63) is 41.2 Å². The molecule has 11 heteroatoms. The quantitative estimate of drug-likeness (QED) is 0.0799. The minimum Gasteiger partial charge on any atom is -0.390 e. The van der Waals surface area contributed by atoms with E-state index in [1.807, 2.05) is 24.3 Å². The first-order chi connectivity index (χ1) is 19.1. The van der Waals surface area contributed by atoms with Gasteiger partial charge in [-0.3, -0.25) is 9.98 Å². The molecule has 5 rings (SSSR count). The summed E-state index contributed by atoms with van der Waals surface area (Å²) in [7, 11) is 4.71. The summed E-state index contributed by atoms with van der Waals surface area (Å²) in [5.41, 5.74) is 3.85. The van der Waals surface area contributed by atoms with E-state index in [-0.39, 0.29) is 22.3 Å². The third kappa shape index (κ3) is 6.49. The van der Waals surface area contributed by atoms with Crippen molar-refractivity contribution in [2.75, 3.05) is 18.9 Å². The summed E-state index contributed by atoms with van der Waals surface area (Å²) in [5.74, 6) is 5.86. The van der Waals surface area contributed by atoms with Gasteiger partial charge in [0.05, 0.1) is 22.6 Å². The first-order valence-electron chi connectivity index (χ1n) is 13.6. The van der Waals surface area contributed by atoms with Crippen molar-refractivity contribution in [1.82, 2.24) is 15.3 Å². The van der Waals surface area contributed by atoms with E-state index < -0.39 is 5.60 Å². The lowest BCUT2D eigenvalue weighted by Gasteiger charge is -2.54. The summed E-state index contributed by atoms with van der Waals surface area (Å²) in [5, 5.41) is 38.3. The number of hydrazone groups is 1. The first kappa shape index (κ1) is 29.6. The molecule has 0 aromatic carbocycles. The van der Waals surface area contributed by atoms with Crippen molar-refractivity contribution in [2.45, 2.75) is 74.7 Å². The van der Waals surface area contributed by atoms with Crippen LogP contribution < -0.4 is 16.5 Å². The SMILES string of the molecule is CNC12CCC(Nc3cc(-c4ccc(/C=C(/C#N)C=N)[nH]4)ncc3/C(C=NCC(P)C(C)(C)O)=N/N)(CC1)CC2. The Hall–Kier alpha value is -3.38. The Labute approximate surface area is 238 Å². The fourth-order valence-electron chi connectivity index (χ4n) is 5.51. The molecule has 2 aromatic heterocycles. The van der Waals surface area contributed by atoms with Crippen LogP contribution in [0.1, 0.15) is 63.6 Å². The summed E-state index contributed by atoms with van der Waals surface area (Å²) in [4.78, 5) is 12.5. The molecule has 7 N–H and O–H groups in total. The summed E-state index contributed by atoms with van der Waals surface area (Å²) in [6.45, 7) is 3.91. The Morgan fingerprint density at radius 3 is 2.55 bits per heavy atom. The number of fused-ring (bicyclic) bond motifs is 3. The highest BCUT2D eigenvalue weighted by Gasteiger charge is 2.48. The summed E-state index contributed by atoms with van der Waals surface area (Å²) < 4.78 is 0. The van der Waals surface area contributed by atoms with E-state index in [0.29, 0.717) is 18.0 Å². The fourth-order valence-corrected chi connectivity index (χ4v) is 5.63. The second-order valence-electron chi connectivity index (χ2n) is 11.5. The van der Waals surface area contributed by atoms with Crippen LogP contribution in [0.15, 0.2) is 40.1 Å². The average molecular weight is 562 g/mol. The van der Waals surface area contributed by atoms with Crippen LogP contribution in [0.5, 0.6) is 0 Å². The zero-order chi connectivity index (χ0) is 29.0. The van der Waals surface area contributed by atoms with Crippen LogP contribution in [-0.4, -0.2) is 69.1 Å². The van der Waals surface area contributed by atoms with Crippen molar-refractivity contribution >= 4 is 39.1 Å². The highest BCUT2D eigenvalue weighted by Crippen LogP contribution is 2.48. The van der Waals surface area contributed by atoms with E-state index in [1.54, 1.807) is 32.3 Å². The predicted molar refractivity (Wildman–Crippen MR) is 166 cm³/mol. The van der Waals surface area contributed by atoms with Gasteiger partial charge < -0.3 is 32.0 Å². The van der Waals surface area contributed by atoms with Crippen LogP contribution in [0, 0.1) is 16.7 Å². The monoisotopic (exact) mass is 561 g/mol. The molecular weight excluding hydrogens is 521 g/mol. The molecule has 0 aliphatic heterocycles. The first-order valence-corrected chi connectivity index (χ1v) is 14.3. The number of nitrogens with one attached hydrogen (secondary N) is 4. The van der Waals surface area contributed by atoms with Crippen molar-refractivity contribution in [3.63, 3.8) is 0 Å². The molecule has 0 saturated heterocycles. The zero-order valence-corrected chi connectivity index (χ0v) is 24.6. The van der Waals surface area contributed by atoms with Crippen LogP contribution in [0.2, 0.25) is 0 Å². The Morgan fingerprint density at radius 2 is 1.98 bits per heavy atom. The second kappa shape index (κ2) is 12.0. The van der Waals surface area contributed by atoms with Gasteiger partial charge in [0.1, 0.15) is 11.8 Å². The van der Waals surface area contributed by atoms with Gasteiger partial charge in [0, 0.05) is 58.9 Å². The molecule has 3 fully saturated rings. The molecular formula is C29H40N9OP. The predicted octanol–water partition coefficient (Wildman–Crippen LogP) is 3.86. The maximum atomic E-state index is 10.3. The Bertz CT molecular complexity index is 1340. The van der Waals surface area contributed by atoms with Gasteiger partial charge in [-0.25, -0.2) is 0 Å². The highest BCUT2D eigenvalue weighted by atomic mass is 31.0. The van der Waals surface area contributed by atoms with Gasteiger partial charge in [-0.2, -0.15) is 10.4 Å². The van der Waals surface area contributed by atoms with Gasteiger partial charge in [0.15, 0.2) is 0 Å². The topological polar surface area (TPSA) is 171 Å². The standard InChI is InChI=1S/C29H40N9OP/c1-27(2,39)26(40)18-34-17-25(38-32)21-16-35-24(22-5-4-20(36-22)12-19(14-30)15-31)13-23(21)37-29-9-6-28(33-3,7-10-29)8-11-29/h4-5,12-14,16-17,26,30,33,36,39H,6-11,18,32,40H2,1-3H3,(H,35,37)/b19-12+,30-14?,34-17?,38-25+. The molecule has 0 radical (unpaired) electrons. The maximum absolute atomic E-state index is 10.3. The number of allylic oxidation sites excluding steroid dienone is 1. The number of aliphatic imine (C=N–C) groups is 1. The zero-order valence-electron chi connectivity index (χ0n) is 23.5. The number of hydrogen-bond donors (Lipinski definition) is 6. The van der Waals surface area contributed by atoms with Crippen molar-refractivity contribution < 1.29 is 5.11 Å². The Morgan fingerprint density at radius 1 is 1.30 bits per heavy atom. The number of rotatable bonds is 11. The van der Waals surface area contributed by atoms with Crippen molar-refractivity contribution in [3.8, 4) is 17.5 Å². The van der Waals surface area contributed by atoms with E-state index in [1.165, 1.54) is 0 Å². The van der Waals surface area contributed by atoms with Crippen LogP contribution >= 0.6 is 9.24 Å². The number of nitrogens with two attached hydrogens (primary N) is 1. The van der Waals surface area contributed by atoms with Crippen molar-refractivity contribution in [2.24, 2.45) is 15.9 Å². The van der Waals surface area contributed by atoms with Crippen LogP contribution in [-0.2, 0) is 0 Å². The summed E-state index contributed by atoms with van der Waals surface area (Å²) in [6, 6.07) is 7.78. The molecule has 3 aliphatic carbocycles. The highest BCUT2D eigenvalue weighted by molar-refractivity contribution is 7.17. The molecule has 2 bridgehead atoms. The lowest BCUT2D eigenvalue weighted by atomic mass is 9.61. The molecule has 10 nitrogen and oxygen atoms in total. The Balaban J connectivity index is 1.68. The van der Waals surface area contributed by atoms with Gasteiger partial charge in [0.25, 0.3) is 0 Å². The minimum absolute atomic E-state index is 0.0236. The van der Waals surface area contributed by atoms with Gasteiger partial charge >= 0.3 is 0 Å². The third-order valence-electron chi connectivity index (χ3n) is 8.50. The molecule has 0 spiro atoms. The summed E-state index contributed by atoms with van der Waals surface area (Å²) >= 11 is 0. The molecule has 2 heterocycles. The third-order valence-corrected chi connectivity index (χ3v) is 9.53. The molecule has 2 unspecified atom stereocenters. The van der Waals surface area contributed by atoms with E-state index in [0.717, 1.165) is 67.4 Å². The number of aromatic amines is 1. The number of aliphatic hydroxyl groups is 1. The number of nitriles is 1. The molecule has 212 valence electrons. The fraction of sp³-hybridized carbons (Fsp3) is 0.483. The molecule has 2 atom stereocenters. The average Bonchev–Trinajstić information content (AvgIpc) is 3.43. The maximum Gasteiger partial charge on any atom is 0.111 e. The lowest BCUT2D eigenvalue weighted by Crippen LogP contribution is -2.59. The van der Waals surface area contributed by atoms with Gasteiger partial charge in [-0.05, 0) is 83.7 Å². The van der Waals surface area contributed by atoms with E-state index in [4.69, 9.17) is 21.5 Å². The number of anilines is 1. The Kier molecular flexibility index (Phi) is 8.89. The number of nitrogens with zero attached hydrogens (tertiary/aromatic N) is 4. The summed E-state index contributed by atoms with van der Waals surface area (Å²) in [6.07, 6.45) is 12.6.